The van der Waals surface area contributed by atoms with Crippen molar-refractivity contribution in [3.05, 3.63) is 0 Å². The number of carbonyl (C=O) groups is 2. The summed E-state index contributed by atoms with van der Waals surface area (Å²) in [5, 5.41) is 11.5. The van der Waals surface area contributed by atoms with E-state index in [0.717, 1.165) is 19.3 Å². The Hall–Kier alpha value is -1.10. The molecule has 2 aliphatic carbocycles. The van der Waals surface area contributed by atoms with Crippen LogP contribution in [0.25, 0.3) is 0 Å². The zero-order valence-electron chi connectivity index (χ0n) is 9.41. The number of amides is 1. The van der Waals surface area contributed by atoms with Crippen LogP contribution in [0.5, 0.6) is 0 Å². The lowest BCUT2D eigenvalue weighted by Crippen LogP contribution is -2.49. The number of ether oxygens (including phenoxy) is 1. The Morgan fingerprint density at radius 3 is 2.25 bits per heavy atom. The molecule has 0 aromatic rings. The molecule has 0 spiro atoms. The van der Waals surface area contributed by atoms with E-state index < -0.39 is 11.5 Å². The molecule has 16 heavy (non-hydrogen) atoms. The minimum atomic E-state index is -0.976. The van der Waals surface area contributed by atoms with Crippen molar-refractivity contribution in [1.29, 1.82) is 0 Å². The molecule has 0 radical (unpaired) electrons. The lowest BCUT2D eigenvalue weighted by Gasteiger charge is -2.40. The second-order valence-corrected chi connectivity index (χ2v) is 4.85. The Kier molecular flexibility index (Phi) is 2.66. The van der Waals surface area contributed by atoms with E-state index in [2.05, 4.69) is 5.32 Å². The molecule has 90 valence electrons. The van der Waals surface area contributed by atoms with Crippen LogP contribution in [-0.4, -0.2) is 35.2 Å². The number of methoxy groups -OCH3 is 1. The maximum atomic E-state index is 11.7. The van der Waals surface area contributed by atoms with Gasteiger partial charge in [-0.25, -0.2) is 4.79 Å². The van der Waals surface area contributed by atoms with Crippen LogP contribution in [0.4, 0.5) is 0 Å². The maximum absolute atomic E-state index is 11.7. The van der Waals surface area contributed by atoms with Crippen molar-refractivity contribution in [1.82, 2.24) is 5.32 Å². The molecular formula is C11H17NO4. The topological polar surface area (TPSA) is 75.6 Å². The molecule has 0 heterocycles. The molecule has 2 N–H and O–H groups in total. The fourth-order valence-corrected chi connectivity index (χ4v) is 2.15. The van der Waals surface area contributed by atoms with Gasteiger partial charge in [0, 0.05) is 7.11 Å². The summed E-state index contributed by atoms with van der Waals surface area (Å²) in [6.07, 6.45) is 4.19. The molecule has 0 aromatic heterocycles. The van der Waals surface area contributed by atoms with E-state index in [1.54, 1.807) is 7.11 Å². The van der Waals surface area contributed by atoms with Crippen LogP contribution in [0.3, 0.4) is 0 Å². The number of carboxylic acid groups (broad SMARTS) is 1. The molecule has 0 unspecified atom stereocenters. The summed E-state index contributed by atoms with van der Waals surface area (Å²) < 4.78 is 5.33. The van der Waals surface area contributed by atoms with Crippen molar-refractivity contribution in [2.45, 2.75) is 49.7 Å². The molecule has 5 nitrogen and oxygen atoms in total. The summed E-state index contributed by atoms with van der Waals surface area (Å²) >= 11 is 0. The van der Waals surface area contributed by atoms with Crippen molar-refractivity contribution in [2.75, 3.05) is 7.11 Å². The van der Waals surface area contributed by atoms with Gasteiger partial charge >= 0.3 is 5.97 Å². The second-order valence-electron chi connectivity index (χ2n) is 4.85. The van der Waals surface area contributed by atoms with Gasteiger partial charge < -0.3 is 15.2 Å². The van der Waals surface area contributed by atoms with Crippen LogP contribution in [0.2, 0.25) is 0 Å². The zero-order chi connectivity index (χ0) is 11.8. The Morgan fingerprint density at radius 1 is 1.31 bits per heavy atom. The fraction of sp³-hybridized carbons (Fsp3) is 0.818. The van der Waals surface area contributed by atoms with Crippen LogP contribution in [0.1, 0.15) is 38.5 Å². The normalized spacial score (nSPS) is 24.3. The Labute approximate surface area is 94.2 Å². The van der Waals surface area contributed by atoms with Gasteiger partial charge in [-0.1, -0.05) is 0 Å². The van der Waals surface area contributed by atoms with E-state index in [-0.39, 0.29) is 17.9 Å². The van der Waals surface area contributed by atoms with Crippen LogP contribution in [0, 0.1) is 0 Å². The Bertz CT molecular complexity index is 312. The van der Waals surface area contributed by atoms with E-state index in [4.69, 9.17) is 9.84 Å². The minimum Gasteiger partial charge on any atom is -0.480 e. The highest BCUT2D eigenvalue weighted by molar-refractivity contribution is 5.89. The number of rotatable bonds is 5. The monoisotopic (exact) mass is 227 g/mol. The largest absolute Gasteiger partial charge is 0.480 e. The highest BCUT2D eigenvalue weighted by Crippen LogP contribution is 2.39. The van der Waals surface area contributed by atoms with E-state index in [9.17, 15) is 9.59 Å². The van der Waals surface area contributed by atoms with Crippen LogP contribution < -0.4 is 5.32 Å². The summed E-state index contributed by atoms with van der Waals surface area (Å²) in [4.78, 5) is 22.6. The molecule has 0 aliphatic heterocycles. The van der Waals surface area contributed by atoms with Gasteiger partial charge in [0.2, 0.25) is 5.91 Å². The van der Waals surface area contributed by atoms with Crippen molar-refractivity contribution >= 4 is 11.9 Å². The van der Waals surface area contributed by atoms with E-state index in [1.165, 1.54) is 0 Å². The van der Waals surface area contributed by atoms with E-state index in [0.29, 0.717) is 12.8 Å². The molecular weight excluding hydrogens is 210 g/mol. The maximum Gasteiger partial charge on any atom is 0.329 e. The first-order valence-corrected chi connectivity index (χ1v) is 5.62. The summed E-state index contributed by atoms with van der Waals surface area (Å²) in [5.74, 6) is -1.14. The summed E-state index contributed by atoms with van der Waals surface area (Å²) in [6, 6.07) is 0. The first-order valence-electron chi connectivity index (χ1n) is 5.62. The molecule has 5 heteroatoms. The number of nitrogens with one attached hydrogen (secondary N) is 1. The van der Waals surface area contributed by atoms with E-state index >= 15 is 0 Å². The molecule has 2 saturated carbocycles. The fourth-order valence-electron chi connectivity index (χ4n) is 2.15. The van der Waals surface area contributed by atoms with Gasteiger partial charge in [0.05, 0.1) is 12.0 Å². The number of aliphatic carboxylic acids is 1. The Balaban J connectivity index is 1.87. The van der Waals surface area contributed by atoms with Gasteiger partial charge in [-0.3, -0.25) is 4.79 Å². The van der Waals surface area contributed by atoms with Gasteiger partial charge in [0.15, 0.2) is 0 Å². The molecule has 0 aromatic carbocycles. The number of carbonyl (C=O) groups excluding carboxylic acids is 1. The SMILES string of the molecule is COC1(CC(=O)NC2(C(=O)O)CC2)CCC1. The van der Waals surface area contributed by atoms with Crippen molar-refractivity contribution in [2.24, 2.45) is 0 Å². The standard InChI is InChI=1S/C11H17NO4/c1-16-10(3-2-4-10)7-8(13)12-11(5-6-11)9(14)15/h2-7H2,1H3,(H,12,13)(H,14,15). The van der Waals surface area contributed by atoms with Gasteiger partial charge in [-0.05, 0) is 32.1 Å². The number of hydrogen-bond donors (Lipinski definition) is 2. The predicted molar refractivity (Wildman–Crippen MR) is 56.0 cm³/mol. The summed E-state index contributed by atoms with van der Waals surface area (Å²) in [7, 11) is 1.61. The highest BCUT2D eigenvalue weighted by atomic mass is 16.5. The molecule has 2 rings (SSSR count). The van der Waals surface area contributed by atoms with Gasteiger partial charge in [0.25, 0.3) is 0 Å². The van der Waals surface area contributed by atoms with E-state index in [1.807, 2.05) is 0 Å². The smallest absolute Gasteiger partial charge is 0.329 e. The van der Waals surface area contributed by atoms with Crippen LogP contribution >= 0.6 is 0 Å². The zero-order valence-corrected chi connectivity index (χ0v) is 9.41. The minimum absolute atomic E-state index is 0.207. The van der Waals surface area contributed by atoms with Gasteiger partial charge in [0.1, 0.15) is 5.54 Å². The lowest BCUT2D eigenvalue weighted by molar-refractivity contribution is -0.146. The molecule has 2 fully saturated rings. The average molecular weight is 227 g/mol. The molecule has 0 atom stereocenters. The second kappa shape index (κ2) is 3.73. The number of carboxylic acids is 1. The quantitative estimate of drug-likeness (QED) is 0.724. The third-order valence-corrected chi connectivity index (χ3v) is 3.72. The Morgan fingerprint density at radius 2 is 1.94 bits per heavy atom. The summed E-state index contributed by atoms with van der Waals surface area (Å²) in [6.45, 7) is 0. The summed E-state index contributed by atoms with van der Waals surface area (Å²) in [5.41, 5.74) is -1.31. The third kappa shape index (κ3) is 1.91. The highest BCUT2D eigenvalue weighted by Gasteiger charge is 2.52. The lowest BCUT2D eigenvalue weighted by atomic mass is 9.77. The van der Waals surface area contributed by atoms with Gasteiger partial charge in [-0.2, -0.15) is 0 Å². The molecule has 0 bridgehead atoms. The first kappa shape index (κ1) is 11.4. The third-order valence-electron chi connectivity index (χ3n) is 3.72. The predicted octanol–water partition coefficient (Wildman–Crippen LogP) is 0.679. The molecule has 0 saturated heterocycles. The average Bonchev–Trinajstić information content (AvgIpc) is 2.92. The van der Waals surface area contributed by atoms with Crippen molar-refractivity contribution in [3.8, 4) is 0 Å². The molecule has 2 aliphatic rings. The van der Waals surface area contributed by atoms with Crippen LogP contribution in [0.15, 0.2) is 0 Å². The van der Waals surface area contributed by atoms with Crippen molar-refractivity contribution < 1.29 is 19.4 Å². The van der Waals surface area contributed by atoms with Crippen molar-refractivity contribution in [3.63, 3.8) is 0 Å². The first-order chi connectivity index (χ1) is 7.52. The van der Waals surface area contributed by atoms with Crippen LogP contribution in [-0.2, 0) is 14.3 Å². The number of hydrogen-bond acceptors (Lipinski definition) is 3. The van der Waals surface area contributed by atoms with Gasteiger partial charge in [-0.15, -0.1) is 0 Å². The molecule has 1 amide bonds.